The van der Waals surface area contributed by atoms with E-state index in [0.29, 0.717) is 0 Å². The van der Waals surface area contributed by atoms with Gasteiger partial charge in [0.15, 0.2) is 0 Å². The summed E-state index contributed by atoms with van der Waals surface area (Å²) < 4.78 is 3.47. The van der Waals surface area contributed by atoms with Crippen molar-refractivity contribution in [3.63, 3.8) is 0 Å². The maximum Gasteiger partial charge on any atom is 0.330 e. The van der Waals surface area contributed by atoms with E-state index in [4.69, 9.17) is 5.84 Å². The third-order valence-electron chi connectivity index (χ3n) is 3.63. The van der Waals surface area contributed by atoms with Gasteiger partial charge in [-0.2, -0.15) is 0 Å². The first-order chi connectivity index (χ1) is 10.1. The van der Waals surface area contributed by atoms with Gasteiger partial charge in [0, 0.05) is 5.10 Å². The third-order valence-corrected chi connectivity index (χ3v) is 3.63. The minimum absolute atomic E-state index is 0.757. The number of hydrogen-bond acceptors (Lipinski definition) is 2. The van der Waals surface area contributed by atoms with E-state index in [1.54, 1.807) is 4.68 Å². The Labute approximate surface area is 124 Å². The number of hydrogen-bond donors (Lipinski definition) is 1. The molecule has 0 aliphatic carbocycles. The van der Waals surface area contributed by atoms with Gasteiger partial charge in [-0.15, -0.1) is 9.36 Å². The van der Waals surface area contributed by atoms with Crippen molar-refractivity contribution >= 4 is 0 Å². The monoisotopic (exact) mass is 279 g/mol. The second kappa shape index (κ2) is 5.05. The molecule has 106 valence electrons. The summed E-state index contributed by atoms with van der Waals surface area (Å²) in [5.41, 5.74) is 4.51. The Balaban J connectivity index is 2.12. The highest BCUT2D eigenvalue weighted by atomic mass is 15.5. The van der Waals surface area contributed by atoms with Gasteiger partial charge in [0.1, 0.15) is 0 Å². The Hall–Kier alpha value is -2.62. The summed E-state index contributed by atoms with van der Waals surface area (Å²) >= 11 is 0. The predicted molar refractivity (Wildman–Crippen MR) is 83.9 cm³/mol. The molecule has 0 saturated carbocycles. The largest absolute Gasteiger partial charge is 0.330 e. The standard InChI is InChI=1S/C17H19N4/c1-12-4-8-14(9-5-12)16-19-20(3)17(21(16)18)15-10-6-13(2)7-11-15/h4-11H,18H2,1-3H3/q+1. The summed E-state index contributed by atoms with van der Waals surface area (Å²) in [6.45, 7) is 4.14. The van der Waals surface area contributed by atoms with Crippen LogP contribution in [0.1, 0.15) is 11.1 Å². The lowest BCUT2D eigenvalue weighted by Gasteiger charge is -2.00. The Bertz CT molecular complexity index is 768. The van der Waals surface area contributed by atoms with Crippen LogP contribution in [0.15, 0.2) is 48.5 Å². The molecule has 0 saturated heterocycles. The second-order valence-electron chi connectivity index (χ2n) is 5.37. The molecule has 0 unspecified atom stereocenters. The van der Waals surface area contributed by atoms with Crippen LogP contribution in [0.2, 0.25) is 0 Å². The first kappa shape index (κ1) is 13.4. The Morgan fingerprint density at radius 3 is 1.86 bits per heavy atom. The molecule has 1 aromatic heterocycles. The Morgan fingerprint density at radius 1 is 0.857 bits per heavy atom. The topological polar surface area (TPSA) is 47.7 Å². The number of aryl methyl sites for hydroxylation is 3. The minimum Gasteiger partial charge on any atom is -0.288 e. The van der Waals surface area contributed by atoms with Crippen LogP contribution in [-0.2, 0) is 7.05 Å². The molecule has 3 rings (SSSR count). The first-order valence-electron chi connectivity index (χ1n) is 6.94. The van der Waals surface area contributed by atoms with E-state index in [-0.39, 0.29) is 0 Å². The number of nitrogen functional groups attached to an aromatic ring is 1. The number of nitrogens with two attached hydrogens (primary N) is 1. The fourth-order valence-electron chi connectivity index (χ4n) is 2.42. The lowest BCUT2D eigenvalue weighted by Crippen LogP contribution is -2.47. The van der Waals surface area contributed by atoms with Crippen molar-refractivity contribution in [2.75, 3.05) is 5.84 Å². The van der Waals surface area contributed by atoms with Crippen LogP contribution in [0, 0.1) is 13.8 Å². The molecular weight excluding hydrogens is 260 g/mol. The Morgan fingerprint density at radius 2 is 1.33 bits per heavy atom. The number of rotatable bonds is 2. The normalized spacial score (nSPS) is 10.8. The fourth-order valence-corrected chi connectivity index (χ4v) is 2.42. The van der Waals surface area contributed by atoms with Crippen LogP contribution in [0.25, 0.3) is 22.8 Å². The quantitative estimate of drug-likeness (QED) is 0.578. The van der Waals surface area contributed by atoms with Crippen molar-refractivity contribution in [2.24, 2.45) is 7.05 Å². The molecular formula is C17H19N4+. The highest BCUT2D eigenvalue weighted by molar-refractivity contribution is 5.57. The molecule has 2 aromatic carbocycles. The number of aromatic nitrogens is 3. The highest BCUT2D eigenvalue weighted by Gasteiger charge is 2.24. The number of benzene rings is 2. The van der Waals surface area contributed by atoms with Gasteiger partial charge in [0.05, 0.1) is 18.2 Å². The maximum atomic E-state index is 6.28. The summed E-state index contributed by atoms with van der Waals surface area (Å²) in [5.74, 6) is 7.92. The summed E-state index contributed by atoms with van der Waals surface area (Å²) in [5, 5.41) is 4.56. The summed E-state index contributed by atoms with van der Waals surface area (Å²) in [6, 6.07) is 16.5. The maximum absolute atomic E-state index is 6.28. The molecule has 0 bridgehead atoms. The zero-order chi connectivity index (χ0) is 15.0. The van der Waals surface area contributed by atoms with Crippen LogP contribution in [-0.4, -0.2) is 9.78 Å². The van der Waals surface area contributed by atoms with E-state index < -0.39 is 0 Å². The molecule has 2 N–H and O–H groups in total. The van der Waals surface area contributed by atoms with Gasteiger partial charge in [0.25, 0.3) is 5.82 Å². The average molecular weight is 279 g/mol. The van der Waals surface area contributed by atoms with Crippen LogP contribution in [0.5, 0.6) is 0 Å². The van der Waals surface area contributed by atoms with Crippen molar-refractivity contribution in [2.45, 2.75) is 13.8 Å². The van der Waals surface area contributed by atoms with Crippen molar-refractivity contribution in [1.29, 1.82) is 0 Å². The number of nitrogens with zero attached hydrogens (tertiary/aromatic N) is 3. The lowest BCUT2D eigenvalue weighted by molar-refractivity contribution is -0.616. The molecule has 4 nitrogen and oxygen atoms in total. The van der Waals surface area contributed by atoms with Gasteiger partial charge < -0.3 is 0 Å². The van der Waals surface area contributed by atoms with Crippen molar-refractivity contribution < 1.29 is 4.68 Å². The minimum atomic E-state index is 0.757. The van der Waals surface area contributed by atoms with Gasteiger partial charge in [-0.05, 0) is 38.1 Å². The molecule has 21 heavy (non-hydrogen) atoms. The van der Waals surface area contributed by atoms with Gasteiger partial charge >= 0.3 is 5.82 Å². The van der Waals surface area contributed by atoms with Crippen molar-refractivity contribution in [1.82, 2.24) is 9.78 Å². The molecule has 0 aliphatic rings. The van der Waals surface area contributed by atoms with E-state index in [2.05, 4.69) is 55.3 Å². The molecule has 0 spiro atoms. The molecule has 0 radical (unpaired) electrons. The zero-order valence-electron chi connectivity index (χ0n) is 12.5. The van der Waals surface area contributed by atoms with Gasteiger partial charge in [-0.1, -0.05) is 35.4 Å². The van der Waals surface area contributed by atoms with E-state index >= 15 is 0 Å². The SMILES string of the molecule is Cc1ccc(-c2nn(C)c(-c3ccc(C)cc3)[n+]2N)cc1. The summed E-state index contributed by atoms with van der Waals surface area (Å²) in [7, 11) is 1.91. The van der Waals surface area contributed by atoms with Crippen LogP contribution in [0.4, 0.5) is 0 Å². The van der Waals surface area contributed by atoms with Crippen LogP contribution < -0.4 is 10.5 Å². The van der Waals surface area contributed by atoms with Crippen LogP contribution >= 0.6 is 0 Å². The highest BCUT2D eigenvalue weighted by Crippen LogP contribution is 2.20. The van der Waals surface area contributed by atoms with E-state index in [1.165, 1.54) is 11.1 Å². The van der Waals surface area contributed by atoms with Gasteiger partial charge in [-0.3, -0.25) is 5.84 Å². The summed E-state index contributed by atoms with van der Waals surface area (Å²) in [6.07, 6.45) is 0. The average Bonchev–Trinajstić information content (AvgIpc) is 2.76. The molecule has 1 heterocycles. The zero-order valence-corrected chi connectivity index (χ0v) is 12.5. The predicted octanol–water partition coefficient (Wildman–Crippen LogP) is 2.37. The fraction of sp³-hybridized carbons (Fsp3) is 0.176. The molecule has 0 amide bonds. The van der Waals surface area contributed by atoms with Gasteiger partial charge in [-0.25, -0.2) is 0 Å². The van der Waals surface area contributed by atoms with E-state index in [0.717, 1.165) is 22.8 Å². The van der Waals surface area contributed by atoms with E-state index in [9.17, 15) is 0 Å². The smallest absolute Gasteiger partial charge is 0.288 e. The van der Waals surface area contributed by atoms with E-state index in [1.807, 2.05) is 23.9 Å². The third kappa shape index (κ3) is 2.40. The van der Waals surface area contributed by atoms with Crippen molar-refractivity contribution in [3.8, 4) is 22.8 Å². The second-order valence-corrected chi connectivity index (χ2v) is 5.37. The van der Waals surface area contributed by atoms with Crippen molar-refractivity contribution in [3.05, 3.63) is 59.7 Å². The molecule has 0 atom stereocenters. The Kier molecular flexibility index (Phi) is 3.22. The lowest BCUT2D eigenvalue weighted by atomic mass is 10.1. The molecule has 0 fully saturated rings. The first-order valence-corrected chi connectivity index (χ1v) is 6.94. The molecule has 3 aromatic rings. The van der Waals surface area contributed by atoms with Crippen LogP contribution in [0.3, 0.4) is 0 Å². The summed E-state index contributed by atoms with van der Waals surface area (Å²) in [4.78, 5) is 0. The molecule has 4 heteroatoms. The molecule has 0 aliphatic heterocycles. The van der Waals surface area contributed by atoms with Gasteiger partial charge in [0.2, 0.25) is 0 Å².